The molecule has 2 aromatic carbocycles. The molecule has 0 unspecified atom stereocenters. The van der Waals surface area contributed by atoms with Gasteiger partial charge in [-0.15, -0.1) is 20.4 Å². The zero-order valence-electron chi connectivity index (χ0n) is 15.1. The van der Waals surface area contributed by atoms with Crippen LogP contribution >= 0.6 is 35.0 Å². The van der Waals surface area contributed by atoms with Crippen LogP contribution in [-0.4, -0.2) is 20.4 Å². The van der Waals surface area contributed by atoms with Gasteiger partial charge in [-0.25, -0.2) is 0 Å². The van der Waals surface area contributed by atoms with Gasteiger partial charge in [-0.1, -0.05) is 35.0 Å². The first kappa shape index (κ1) is 19.8. The quantitative estimate of drug-likeness (QED) is 0.337. The number of benzene rings is 2. The Morgan fingerprint density at radius 3 is 2.45 bits per heavy atom. The summed E-state index contributed by atoms with van der Waals surface area (Å²) in [5, 5.41) is 17.8. The summed E-state index contributed by atoms with van der Waals surface area (Å²) in [6.45, 7) is 2.08. The van der Waals surface area contributed by atoms with Gasteiger partial charge < -0.3 is 13.6 Å². The lowest BCUT2D eigenvalue weighted by molar-refractivity contribution is 0.250. The van der Waals surface area contributed by atoms with Crippen LogP contribution in [0, 0.1) is 6.92 Å². The molecule has 0 amide bonds. The van der Waals surface area contributed by atoms with Crippen molar-refractivity contribution in [2.24, 2.45) is 0 Å². The highest BCUT2D eigenvalue weighted by Gasteiger charge is 2.13. The summed E-state index contributed by atoms with van der Waals surface area (Å²) in [6.07, 6.45) is 0. The minimum Gasteiger partial charge on any atom is -0.484 e. The predicted octanol–water partition coefficient (Wildman–Crippen LogP) is 5.61. The van der Waals surface area contributed by atoms with E-state index in [1.165, 1.54) is 11.8 Å². The molecule has 0 bridgehead atoms. The highest BCUT2D eigenvalue weighted by atomic mass is 35.5. The minimum atomic E-state index is 0.164. The van der Waals surface area contributed by atoms with Gasteiger partial charge in [-0.3, -0.25) is 0 Å². The van der Waals surface area contributed by atoms with Crippen LogP contribution < -0.4 is 4.74 Å². The molecule has 0 N–H and O–H groups in total. The first-order chi connectivity index (χ1) is 14.1. The van der Waals surface area contributed by atoms with Crippen molar-refractivity contribution in [2.75, 3.05) is 0 Å². The molecule has 148 valence electrons. The second kappa shape index (κ2) is 8.86. The molecule has 4 rings (SSSR count). The van der Waals surface area contributed by atoms with Gasteiger partial charge in [-0.2, -0.15) is 0 Å². The zero-order valence-corrected chi connectivity index (χ0v) is 17.5. The number of hydrogen-bond acceptors (Lipinski definition) is 8. The van der Waals surface area contributed by atoms with Crippen LogP contribution in [0.1, 0.15) is 17.3 Å². The molecule has 0 saturated carbocycles. The van der Waals surface area contributed by atoms with Crippen LogP contribution in [0.4, 0.5) is 0 Å². The van der Waals surface area contributed by atoms with Crippen LogP contribution in [0.3, 0.4) is 0 Å². The van der Waals surface area contributed by atoms with E-state index in [1.807, 2.05) is 25.1 Å². The SMILES string of the molecule is Cc1cc(Cl)ccc1OCc1nnc(SCc2nnc(-c3ccc(Cl)cc3)o2)o1. The van der Waals surface area contributed by atoms with Gasteiger partial charge in [-0.05, 0) is 55.0 Å². The standard InChI is InChI=1S/C19H14Cl2N4O3S/c1-11-8-14(21)6-7-15(11)26-9-16-22-25-19(28-16)29-10-17-23-24-18(27-17)12-2-4-13(20)5-3-12/h2-8H,9-10H2,1H3. The second-order valence-electron chi connectivity index (χ2n) is 5.96. The third kappa shape index (κ3) is 5.09. The van der Waals surface area contributed by atoms with Crippen LogP contribution in [0.25, 0.3) is 11.5 Å². The molecule has 0 aliphatic heterocycles. The monoisotopic (exact) mass is 448 g/mol. The third-order valence-corrected chi connectivity index (χ3v) is 5.10. The van der Waals surface area contributed by atoms with E-state index >= 15 is 0 Å². The molecule has 0 atom stereocenters. The Hall–Kier alpha value is -2.55. The molecule has 0 spiro atoms. The summed E-state index contributed by atoms with van der Waals surface area (Å²) in [7, 11) is 0. The highest BCUT2D eigenvalue weighted by molar-refractivity contribution is 7.98. The van der Waals surface area contributed by atoms with Gasteiger partial charge in [0.2, 0.25) is 11.8 Å². The largest absolute Gasteiger partial charge is 0.484 e. The Balaban J connectivity index is 1.32. The summed E-state index contributed by atoms with van der Waals surface area (Å²) in [5.41, 5.74) is 1.73. The molecule has 0 fully saturated rings. The zero-order chi connectivity index (χ0) is 20.2. The normalized spacial score (nSPS) is 11.0. The van der Waals surface area contributed by atoms with Gasteiger partial charge >= 0.3 is 0 Å². The number of aryl methyl sites for hydroxylation is 1. The lowest BCUT2D eigenvalue weighted by atomic mass is 10.2. The summed E-state index contributed by atoms with van der Waals surface area (Å²) in [6, 6.07) is 12.6. The fourth-order valence-corrected chi connectivity index (χ4v) is 3.38. The molecule has 2 heterocycles. The van der Waals surface area contributed by atoms with E-state index < -0.39 is 0 Å². The molecule has 7 nitrogen and oxygen atoms in total. The van der Waals surface area contributed by atoms with Gasteiger partial charge in [0.25, 0.3) is 11.1 Å². The van der Waals surface area contributed by atoms with Crippen molar-refractivity contribution < 1.29 is 13.6 Å². The fourth-order valence-electron chi connectivity index (χ4n) is 2.41. The van der Waals surface area contributed by atoms with Crippen molar-refractivity contribution in [2.45, 2.75) is 24.5 Å². The molecule has 4 aromatic rings. The van der Waals surface area contributed by atoms with E-state index in [2.05, 4.69) is 20.4 Å². The van der Waals surface area contributed by atoms with Crippen LogP contribution in [0.2, 0.25) is 10.0 Å². The maximum atomic E-state index is 5.94. The Bertz CT molecular complexity index is 1110. The molecule has 29 heavy (non-hydrogen) atoms. The van der Waals surface area contributed by atoms with E-state index in [4.69, 9.17) is 36.8 Å². The van der Waals surface area contributed by atoms with Crippen LogP contribution in [-0.2, 0) is 12.4 Å². The number of rotatable bonds is 7. The number of nitrogens with zero attached hydrogens (tertiary/aromatic N) is 4. The highest BCUT2D eigenvalue weighted by Crippen LogP contribution is 2.26. The van der Waals surface area contributed by atoms with Crippen LogP contribution in [0.5, 0.6) is 5.75 Å². The van der Waals surface area contributed by atoms with Crippen molar-refractivity contribution in [3.8, 4) is 17.2 Å². The summed E-state index contributed by atoms with van der Waals surface area (Å²) >= 11 is 13.1. The van der Waals surface area contributed by atoms with E-state index in [9.17, 15) is 0 Å². The summed E-state index contributed by atoms with van der Waals surface area (Å²) in [5.74, 6) is 2.36. The summed E-state index contributed by atoms with van der Waals surface area (Å²) < 4.78 is 16.9. The van der Waals surface area contributed by atoms with Gasteiger partial charge in [0.05, 0.1) is 5.75 Å². The van der Waals surface area contributed by atoms with Crippen molar-refractivity contribution in [3.05, 3.63) is 69.9 Å². The topological polar surface area (TPSA) is 87.1 Å². The number of halogens is 2. The number of aromatic nitrogens is 4. The van der Waals surface area contributed by atoms with E-state index in [-0.39, 0.29) is 6.61 Å². The maximum Gasteiger partial charge on any atom is 0.277 e. The average Bonchev–Trinajstić information content (AvgIpc) is 3.36. The van der Waals surface area contributed by atoms with E-state index in [0.717, 1.165) is 11.1 Å². The Morgan fingerprint density at radius 1 is 0.897 bits per heavy atom. The third-order valence-electron chi connectivity index (χ3n) is 3.81. The van der Waals surface area contributed by atoms with E-state index in [0.29, 0.717) is 44.4 Å². The van der Waals surface area contributed by atoms with Gasteiger partial charge in [0.1, 0.15) is 5.75 Å². The molecular formula is C19H14Cl2N4O3S. The number of thioether (sulfide) groups is 1. The molecular weight excluding hydrogens is 435 g/mol. The average molecular weight is 449 g/mol. The minimum absolute atomic E-state index is 0.164. The molecule has 0 aliphatic carbocycles. The van der Waals surface area contributed by atoms with Crippen molar-refractivity contribution in [3.63, 3.8) is 0 Å². The maximum absolute atomic E-state index is 5.94. The smallest absolute Gasteiger partial charge is 0.277 e. The molecule has 0 aliphatic rings. The second-order valence-corrected chi connectivity index (χ2v) is 7.76. The molecule has 2 aromatic heterocycles. The number of hydrogen-bond donors (Lipinski definition) is 0. The summed E-state index contributed by atoms with van der Waals surface area (Å²) in [4.78, 5) is 0. The first-order valence-electron chi connectivity index (χ1n) is 8.49. The Morgan fingerprint density at radius 2 is 1.66 bits per heavy atom. The van der Waals surface area contributed by atoms with Gasteiger partial charge in [0, 0.05) is 15.6 Å². The van der Waals surface area contributed by atoms with Crippen molar-refractivity contribution in [1.29, 1.82) is 0 Å². The van der Waals surface area contributed by atoms with Crippen LogP contribution in [0.15, 0.2) is 56.5 Å². The Labute approximate surface area is 180 Å². The lowest BCUT2D eigenvalue weighted by Gasteiger charge is -2.06. The lowest BCUT2D eigenvalue weighted by Crippen LogP contribution is -1.97. The number of ether oxygens (including phenoxy) is 1. The van der Waals surface area contributed by atoms with E-state index in [1.54, 1.807) is 24.3 Å². The first-order valence-corrected chi connectivity index (χ1v) is 10.2. The molecule has 0 saturated heterocycles. The Kier molecular flexibility index (Phi) is 6.03. The van der Waals surface area contributed by atoms with Gasteiger partial charge in [0.15, 0.2) is 6.61 Å². The van der Waals surface area contributed by atoms with Crippen molar-refractivity contribution in [1.82, 2.24) is 20.4 Å². The molecule has 0 radical (unpaired) electrons. The molecule has 10 heteroatoms. The predicted molar refractivity (Wildman–Crippen MR) is 109 cm³/mol. The van der Waals surface area contributed by atoms with Crippen molar-refractivity contribution >= 4 is 35.0 Å². The fraction of sp³-hybridized carbons (Fsp3) is 0.158.